The van der Waals surface area contributed by atoms with Crippen molar-refractivity contribution < 1.29 is 14.3 Å². The van der Waals surface area contributed by atoms with Crippen LogP contribution in [0.5, 0.6) is 0 Å². The van der Waals surface area contributed by atoms with E-state index in [0.717, 1.165) is 57.1 Å². The highest BCUT2D eigenvalue weighted by Crippen LogP contribution is 2.43. The van der Waals surface area contributed by atoms with Gasteiger partial charge in [-0.3, -0.25) is 9.78 Å². The van der Waals surface area contributed by atoms with Gasteiger partial charge in [-0.1, -0.05) is 22.9 Å². The number of nitrogens with zero attached hydrogens (tertiary/aromatic N) is 4. The molecule has 0 spiro atoms. The van der Waals surface area contributed by atoms with Crippen LogP contribution in [0.3, 0.4) is 0 Å². The zero-order valence-electron chi connectivity index (χ0n) is 18.4. The molecule has 0 atom stereocenters. The van der Waals surface area contributed by atoms with Crippen LogP contribution in [0, 0.1) is 0 Å². The van der Waals surface area contributed by atoms with Crippen LogP contribution in [0.15, 0.2) is 42.7 Å². The molecule has 0 radical (unpaired) electrons. The van der Waals surface area contributed by atoms with Gasteiger partial charge in [-0.25, -0.2) is 14.5 Å². The fourth-order valence-electron chi connectivity index (χ4n) is 4.12. The molecule has 5 rings (SSSR count). The number of hydrogen-bond donors (Lipinski definition) is 1. The maximum absolute atomic E-state index is 12.0. The lowest BCUT2D eigenvalue weighted by atomic mass is 9.91. The molecule has 1 amide bonds. The average molecular weight is 457 g/mol. The van der Waals surface area contributed by atoms with Gasteiger partial charge in [0.15, 0.2) is 5.13 Å². The third-order valence-electron chi connectivity index (χ3n) is 5.57. The number of carbonyl (C=O) groups is 2. The number of amides is 1. The van der Waals surface area contributed by atoms with Crippen molar-refractivity contribution in [1.29, 1.82) is 0 Å². The molecule has 0 aliphatic heterocycles. The summed E-state index contributed by atoms with van der Waals surface area (Å²) in [5.41, 5.74) is 7.05. The van der Waals surface area contributed by atoms with E-state index in [1.807, 2.05) is 36.9 Å². The normalized spacial score (nSPS) is 12.1. The Bertz CT molecular complexity index is 1400. The topological polar surface area (TPSA) is 99.0 Å². The molecule has 1 aliphatic carbocycles. The number of rotatable bonds is 4. The molecule has 8 nitrogen and oxygen atoms in total. The number of methoxy groups -OCH3 is 1. The molecule has 164 valence electrons. The minimum Gasteiger partial charge on any atom is -0.465 e. The van der Waals surface area contributed by atoms with Crippen molar-refractivity contribution in [2.24, 2.45) is 0 Å². The van der Waals surface area contributed by atoms with Gasteiger partial charge in [-0.2, -0.15) is 5.10 Å². The van der Waals surface area contributed by atoms with Crippen LogP contribution in [-0.2, 0) is 22.4 Å². The number of nitrogens with one attached hydrogen (secondary N) is 1. The van der Waals surface area contributed by atoms with Gasteiger partial charge < -0.3 is 10.1 Å². The predicted molar refractivity (Wildman–Crippen MR) is 129 cm³/mol. The average Bonchev–Trinajstić information content (AvgIpc) is 3.39. The molecule has 1 N–H and O–H groups in total. The number of fused-ring (bicyclic) bond motifs is 3. The zero-order valence-corrected chi connectivity index (χ0v) is 19.2. The summed E-state index contributed by atoms with van der Waals surface area (Å²) in [5, 5.41) is 8.39. The van der Waals surface area contributed by atoms with E-state index in [9.17, 15) is 9.59 Å². The molecule has 0 fully saturated rings. The van der Waals surface area contributed by atoms with Crippen molar-refractivity contribution >= 4 is 41.7 Å². The summed E-state index contributed by atoms with van der Waals surface area (Å²) in [5.74, 6) is -0.534. The Balaban J connectivity index is 1.73. The molecule has 1 aromatic carbocycles. The van der Waals surface area contributed by atoms with E-state index in [4.69, 9.17) is 9.84 Å². The summed E-state index contributed by atoms with van der Waals surface area (Å²) in [6, 6.07) is 9.32. The third-order valence-corrected chi connectivity index (χ3v) is 6.59. The minimum atomic E-state index is -0.382. The number of esters is 1. The Kier molecular flexibility index (Phi) is 5.29. The number of aromatic nitrogens is 4. The Hall–Kier alpha value is -3.79. The monoisotopic (exact) mass is 457 g/mol. The largest absolute Gasteiger partial charge is 0.465 e. The molecule has 0 saturated heterocycles. The van der Waals surface area contributed by atoms with Crippen molar-refractivity contribution in [1.82, 2.24) is 19.7 Å². The molecular formula is C23H20BN5O3S. The van der Waals surface area contributed by atoms with Crippen LogP contribution >= 0.6 is 11.3 Å². The number of thiazole rings is 1. The number of hydrogen-bond acceptors (Lipinski definition) is 7. The van der Waals surface area contributed by atoms with E-state index in [1.54, 1.807) is 18.3 Å². The van der Waals surface area contributed by atoms with E-state index in [0.29, 0.717) is 10.7 Å². The van der Waals surface area contributed by atoms with Gasteiger partial charge in [0.25, 0.3) is 0 Å². The summed E-state index contributed by atoms with van der Waals surface area (Å²) in [6.07, 6.45) is 5.08. The zero-order chi connectivity index (χ0) is 23.1. The first-order chi connectivity index (χ1) is 16.0. The Morgan fingerprint density at radius 3 is 2.79 bits per heavy atom. The van der Waals surface area contributed by atoms with Gasteiger partial charge in [0, 0.05) is 30.4 Å². The lowest BCUT2D eigenvalue weighted by Crippen LogP contribution is -2.17. The van der Waals surface area contributed by atoms with Crippen molar-refractivity contribution in [2.45, 2.75) is 19.8 Å². The van der Waals surface area contributed by atoms with Gasteiger partial charge in [0.05, 0.1) is 40.3 Å². The van der Waals surface area contributed by atoms with E-state index in [2.05, 4.69) is 15.3 Å². The molecule has 1 aliphatic rings. The molecule has 3 aromatic heterocycles. The first-order valence-electron chi connectivity index (χ1n) is 10.5. The third kappa shape index (κ3) is 3.72. The maximum Gasteiger partial charge on any atom is 0.337 e. The molecular weight excluding hydrogens is 437 g/mol. The van der Waals surface area contributed by atoms with Crippen LogP contribution in [0.2, 0.25) is 0 Å². The summed E-state index contributed by atoms with van der Waals surface area (Å²) >= 11 is 1.45. The predicted octanol–water partition coefficient (Wildman–Crippen LogP) is 2.16. The maximum atomic E-state index is 12.0. The molecule has 10 heteroatoms. The SMILES string of the molecule is Bc1cc(C(=O)OC)ccc1-n1nc(-c2cccnc2)c2c1-c1sc(NC(C)=O)nc1CC2. The quantitative estimate of drug-likeness (QED) is 0.373. The number of benzene rings is 1. The fraction of sp³-hybridized carbons (Fsp3) is 0.174. The van der Waals surface area contributed by atoms with E-state index < -0.39 is 0 Å². The van der Waals surface area contributed by atoms with Crippen molar-refractivity contribution in [3.05, 3.63) is 59.5 Å². The summed E-state index contributed by atoms with van der Waals surface area (Å²) in [4.78, 5) is 33.5. The number of ether oxygens (including phenoxy) is 1. The highest BCUT2D eigenvalue weighted by molar-refractivity contribution is 7.19. The van der Waals surface area contributed by atoms with E-state index in [1.165, 1.54) is 25.4 Å². The first kappa shape index (κ1) is 21.1. The molecule has 3 heterocycles. The van der Waals surface area contributed by atoms with Crippen molar-refractivity contribution in [3.8, 4) is 27.5 Å². The number of carbonyl (C=O) groups excluding carboxylic acids is 2. The molecule has 0 saturated carbocycles. The second kappa shape index (κ2) is 8.29. The lowest BCUT2D eigenvalue weighted by molar-refractivity contribution is -0.114. The van der Waals surface area contributed by atoms with Gasteiger partial charge >= 0.3 is 5.97 Å². The van der Waals surface area contributed by atoms with Gasteiger partial charge in [0.1, 0.15) is 7.85 Å². The second-order valence-electron chi connectivity index (χ2n) is 7.80. The Labute approximate surface area is 195 Å². The summed E-state index contributed by atoms with van der Waals surface area (Å²) in [6.45, 7) is 1.47. The van der Waals surface area contributed by atoms with Crippen molar-refractivity contribution in [3.63, 3.8) is 0 Å². The number of anilines is 1. The minimum absolute atomic E-state index is 0.153. The van der Waals surface area contributed by atoms with Gasteiger partial charge in [-0.15, -0.1) is 0 Å². The Morgan fingerprint density at radius 2 is 2.09 bits per heavy atom. The summed E-state index contributed by atoms with van der Waals surface area (Å²) in [7, 11) is 3.31. The van der Waals surface area contributed by atoms with Gasteiger partial charge in [-0.05, 0) is 37.1 Å². The first-order valence-corrected chi connectivity index (χ1v) is 11.3. The smallest absolute Gasteiger partial charge is 0.337 e. The highest BCUT2D eigenvalue weighted by atomic mass is 32.1. The number of aryl methyl sites for hydroxylation is 1. The highest BCUT2D eigenvalue weighted by Gasteiger charge is 2.30. The summed E-state index contributed by atoms with van der Waals surface area (Å²) < 4.78 is 6.78. The Morgan fingerprint density at radius 1 is 1.24 bits per heavy atom. The molecule has 0 bridgehead atoms. The molecule has 33 heavy (non-hydrogen) atoms. The van der Waals surface area contributed by atoms with E-state index in [-0.39, 0.29) is 11.9 Å². The molecule has 0 unspecified atom stereocenters. The van der Waals surface area contributed by atoms with E-state index >= 15 is 0 Å². The van der Waals surface area contributed by atoms with Crippen molar-refractivity contribution in [2.75, 3.05) is 12.4 Å². The standard InChI is InChI=1S/C23H20BN5O3S/c1-12(30)26-23-27-17-7-6-15-19(14-4-3-9-25-11-14)28-29(20(15)21(17)33-23)18-8-5-13(10-16(18)24)22(31)32-2/h3-5,8-11H,6-7,24H2,1-2H3,(H,26,27,30). The fourth-order valence-corrected chi connectivity index (χ4v) is 5.24. The second-order valence-corrected chi connectivity index (χ2v) is 8.80. The van der Waals surface area contributed by atoms with Crippen LogP contribution < -0.4 is 10.8 Å². The lowest BCUT2D eigenvalue weighted by Gasteiger charge is -2.15. The number of pyridine rings is 1. The molecule has 4 aromatic rings. The van der Waals surface area contributed by atoms with Crippen LogP contribution in [0.25, 0.3) is 27.5 Å². The van der Waals surface area contributed by atoms with Crippen LogP contribution in [0.1, 0.15) is 28.5 Å². The van der Waals surface area contributed by atoms with Crippen LogP contribution in [0.4, 0.5) is 5.13 Å². The van der Waals surface area contributed by atoms with Crippen LogP contribution in [-0.4, -0.2) is 46.6 Å². The van der Waals surface area contributed by atoms with Gasteiger partial charge in [0.2, 0.25) is 5.91 Å².